The molecule has 108 valence electrons. The Morgan fingerprint density at radius 3 is 2.60 bits per heavy atom. The summed E-state index contributed by atoms with van der Waals surface area (Å²) in [4.78, 5) is 25.0. The van der Waals surface area contributed by atoms with E-state index >= 15 is 0 Å². The Balaban J connectivity index is 2.22. The van der Waals surface area contributed by atoms with Crippen LogP contribution in [-0.2, 0) is 11.2 Å². The van der Waals surface area contributed by atoms with E-state index in [4.69, 9.17) is 0 Å². The molecule has 2 rings (SSSR count). The molecule has 1 heterocycles. The lowest BCUT2D eigenvalue weighted by atomic mass is 9.97. The molecule has 1 aromatic carbocycles. The Hall–Kier alpha value is -2.04. The van der Waals surface area contributed by atoms with Gasteiger partial charge in [0.1, 0.15) is 6.04 Å². The molecule has 0 saturated heterocycles. The average Bonchev–Trinajstić information content (AvgIpc) is 2.74. The molecule has 0 unspecified atom stereocenters. The van der Waals surface area contributed by atoms with Crippen LogP contribution >= 0.6 is 0 Å². The topological polar surface area (TPSA) is 69.6 Å². The molecule has 5 nitrogen and oxygen atoms in total. The van der Waals surface area contributed by atoms with Gasteiger partial charge in [0.2, 0.25) is 0 Å². The van der Waals surface area contributed by atoms with Gasteiger partial charge in [0.15, 0.2) is 0 Å². The third-order valence-corrected chi connectivity index (χ3v) is 3.25. The number of rotatable bonds is 2. The molecule has 1 aromatic rings. The fourth-order valence-electron chi connectivity index (χ4n) is 2.26. The molecular weight excluding hydrogens is 256 g/mol. The van der Waals surface area contributed by atoms with Crippen molar-refractivity contribution >= 4 is 17.7 Å². The summed E-state index contributed by atoms with van der Waals surface area (Å²) in [5.74, 6) is -0.980. The highest BCUT2D eigenvalue weighted by atomic mass is 16.4. The third kappa shape index (κ3) is 2.92. The van der Waals surface area contributed by atoms with Crippen LogP contribution in [0.3, 0.4) is 0 Å². The van der Waals surface area contributed by atoms with Crippen molar-refractivity contribution in [3.8, 4) is 0 Å². The van der Waals surface area contributed by atoms with E-state index in [0.717, 1.165) is 5.56 Å². The van der Waals surface area contributed by atoms with Crippen LogP contribution < -0.4 is 10.2 Å². The first-order valence-electron chi connectivity index (χ1n) is 6.67. The first-order valence-corrected chi connectivity index (χ1v) is 6.67. The Morgan fingerprint density at radius 1 is 1.35 bits per heavy atom. The summed E-state index contributed by atoms with van der Waals surface area (Å²) >= 11 is 0. The van der Waals surface area contributed by atoms with Crippen molar-refractivity contribution in [3.63, 3.8) is 0 Å². The molecule has 20 heavy (non-hydrogen) atoms. The maximum absolute atomic E-state index is 12.3. The maximum Gasteiger partial charge on any atom is 0.327 e. The molecule has 1 atom stereocenters. The molecular formula is C15H20N2O3. The van der Waals surface area contributed by atoms with Crippen molar-refractivity contribution < 1.29 is 14.7 Å². The van der Waals surface area contributed by atoms with Gasteiger partial charge in [0, 0.05) is 18.7 Å². The van der Waals surface area contributed by atoms with Crippen LogP contribution in [0.5, 0.6) is 0 Å². The highest BCUT2D eigenvalue weighted by Crippen LogP contribution is 2.32. The van der Waals surface area contributed by atoms with E-state index in [1.165, 1.54) is 4.90 Å². The van der Waals surface area contributed by atoms with Gasteiger partial charge < -0.3 is 10.4 Å². The summed E-state index contributed by atoms with van der Waals surface area (Å²) in [6.45, 7) is 6.54. The third-order valence-electron chi connectivity index (χ3n) is 3.25. The van der Waals surface area contributed by atoms with Crippen molar-refractivity contribution in [2.24, 2.45) is 5.41 Å². The Kier molecular flexibility index (Phi) is 3.70. The van der Waals surface area contributed by atoms with E-state index in [1.54, 1.807) is 6.07 Å². The zero-order chi connectivity index (χ0) is 14.9. The van der Waals surface area contributed by atoms with E-state index in [9.17, 15) is 14.7 Å². The highest BCUT2D eigenvalue weighted by Gasteiger charge is 2.38. The number of fused-ring (bicyclic) bond motifs is 1. The average molecular weight is 276 g/mol. The van der Waals surface area contributed by atoms with E-state index in [0.29, 0.717) is 18.7 Å². The number of aliphatic carboxylic acids is 1. The Morgan fingerprint density at radius 2 is 2.00 bits per heavy atom. The van der Waals surface area contributed by atoms with Gasteiger partial charge in [-0.1, -0.05) is 39.0 Å². The summed E-state index contributed by atoms with van der Waals surface area (Å²) in [6, 6.07) is 6.14. The van der Waals surface area contributed by atoms with Crippen molar-refractivity contribution in [1.82, 2.24) is 5.32 Å². The van der Waals surface area contributed by atoms with Crippen LogP contribution in [-0.4, -0.2) is 29.7 Å². The number of para-hydroxylation sites is 1. The second-order valence-corrected chi connectivity index (χ2v) is 6.28. The molecule has 0 fully saturated rings. The van der Waals surface area contributed by atoms with Gasteiger partial charge in [-0.2, -0.15) is 0 Å². The van der Waals surface area contributed by atoms with Gasteiger partial charge in [0.25, 0.3) is 0 Å². The molecule has 2 amide bonds. The second-order valence-electron chi connectivity index (χ2n) is 6.28. The normalized spacial score (nSPS) is 17.8. The minimum Gasteiger partial charge on any atom is -0.480 e. The molecule has 0 radical (unpaired) electrons. The van der Waals surface area contributed by atoms with E-state index < -0.39 is 12.0 Å². The number of urea groups is 1. The smallest absolute Gasteiger partial charge is 0.327 e. The van der Waals surface area contributed by atoms with Gasteiger partial charge in [-0.15, -0.1) is 0 Å². The number of carbonyl (C=O) groups excluding carboxylic acids is 1. The number of nitrogens with one attached hydrogen (secondary N) is 1. The molecule has 2 N–H and O–H groups in total. The number of hydrogen-bond acceptors (Lipinski definition) is 2. The summed E-state index contributed by atoms with van der Waals surface area (Å²) < 4.78 is 0. The number of benzene rings is 1. The SMILES string of the molecule is CC(C)(C)CNC(=O)N1c2ccccc2C[C@H]1C(=O)O. The fraction of sp³-hybridized carbons (Fsp3) is 0.467. The van der Waals surface area contributed by atoms with Crippen LogP contribution in [0, 0.1) is 5.41 Å². The standard InChI is InChI=1S/C15H20N2O3/c1-15(2,3)9-16-14(20)17-11-7-5-4-6-10(11)8-12(17)13(18)19/h4-7,12H,8-9H2,1-3H3,(H,16,20)(H,18,19)/t12-/m0/s1. The van der Waals surface area contributed by atoms with Crippen molar-refractivity contribution in [2.45, 2.75) is 33.2 Å². The molecule has 0 bridgehead atoms. The molecule has 1 aliphatic heterocycles. The second kappa shape index (κ2) is 5.15. The molecule has 0 aromatic heterocycles. The Bertz CT molecular complexity index is 534. The predicted octanol–water partition coefficient (Wildman–Crippen LogP) is 2.26. The first kappa shape index (κ1) is 14.4. The van der Waals surface area contributed by atoms with Crippen molar-refractivity contribution in [1.29, 1.82) is 0 Å². The van der Waals surface area contributed by atoms with E-state index in [1.807, 2.05) is 39.0 Å². The zero-order valence-corrected chi connectivity index (χ0v) is 12.0. The van der Waals surface area contributed by atoms with Crippen LogP contribution in [0.4, 0.5) is 10.5 Å². The summed E-state index contributed by atoms with van der Waals surface area (Å²) in [6.07, 6.45) is 0.356. The quantitative estimate of drug-likeness (QED) is 0.870. The van der Waals surface area contributed by atoms with Crippen LogP contribution in [0.25, 0.3) is 0 Å². The van der Waals surface area contributed by atoms with Gasteiger partial charge in [-0.3, -0.25) is 4.90 Å². The zero-order valence-electron chi connectivity index (χ0n) is 12.0. The number of carboxylic acid groups (broad SMARTS) is 1. The lowest BCUT2D eigenvalue weighted by Gasteiger charge is -2.26. The van der Waals surface area contributed by atoms with Gasteiger partial charge in [-0.25, -0.2) is 9.59 Å². The molecule has 0 aliphatic carbocycles. The number of carboxylic acids is 1. The fourth-order valence-corrected chi connectivity index (χ4v) is 2.26. The largest absolute Gasteiger partial charge is 0.480 e. The molecule has 0 saturated carbocycles. The van der Waals surface area contributed by atoms with Crippen LogP contribution in [0.2, 0.25) is 0 Å². The molecule has 0 spiro atoms. The van der Waals surface area contributed by atoms with Crippen molar-refractivity contribution in [2.75, 3.05) is 11.4 Å². The Labute approximate surface area is 118 Å². The van der Waals surface area contributed by atoms with E-state index in [-0.39, 0.29) is 11.4 Å². The minimum absolute atomic E-state index is 0.0480. The summed E-state index contributed by atoms with van der Waals surface area (Å²) in [7, 11) is 0. The lowest BCUT2D eigenvalue weighted by molar-refractivity contribution is -0.138. The highest BCUT2D eigenvalue weighted by molar-refractivity contribution is 6.01. The number of carbonyl (C=O) groups is 2. The first-order chi connectivity index (χ1) is 9.29. The number of amides is 2. The molecule has 1 aliphatic rings. The minimum atomic E-state index is -0.980. The number of anilines is 1. The van der Waals surface area contributed by atoms with Gasteiger partial charge in [-0.05, 0) is 17.0 Å². The van der Waals surface area contributed by atoms with Gasteiger partial charge in [0.05, 0.1) is 0 Å². The predicted molar refractivity (Wildman–Crippen MR) is 76.9 cm³/mol. The van der Waals surface area contributed by atoms with Crippen molar-refractivity contribution in [3.05, 3.63) is 29.8 Å². The maximum atomic E-state index is 12.3. The van der Waals surface area contributed by atoms with Crippen LogP contribution in [0.1, 0.15) is 26.3 Å². The van der Waals surface area contributed by atoms with Crippen LogP contribution in [0.15, 0.2) is 24.3 Å². The molecule has 5 heteroatoms. The summed E-state index contributed by atoms with van der Waals surface area (Å²) in [5, 5.41) is 12.1. The lowest BCUT2D eigenvalue weighted by Crippen LogP contribution is -2.49. The monoisotopic (exact) mass is 276 g/mol. The number of nitrogens with zero attached hydrogens (tertiary/aromatic N) is 1. The summed E-state index contributed by atoms with van der Waals surface area (Å²) in [5.41, 5.74) is 1.53. The number of hydrogen-bond donors (Lipinski definition) is 2. The van der Waals surface area contributed by atoms with E-state index in [2.05, 4.69) is 5.32 Å². The van der Waals surface area contributed by atoms with Gasteiger partial charge >= 0.3 is 12.0 Å².